The molecule has 1 N–H and O–H groups in total. The van der Waals surface area contributed by atoms with Crippen LogP contribution in [0.2, 0.25) is 0 Å². The highest BCUT2D eigenvalue weighted by molar-refractivity contribution is 9.10. The average Bonchev–Trinajstić information content (AvgIpc) is 2.50. The molecule has 0 atom stereocenters. The van der Waals surface area contributed by atoms with Crippen LogP contribution in [0.3, 0.4) is 0 Å². The summed E-state index contributed by atoms with van der Waals surface area (Å²) in [5.41, 5.74) is 2.54. The molecule has 114 valence electrons. The second-order valence-corrected chi connectivity index (χ2v) is 5.69. The second-order valence-electron chi connectivity index (χ2n) is 4.84. The van der Waals surface area contributed by atoms with Crippen molar-refractivity contribution in [3.63, 3.8) is 0 Å². The maximum absolute atomic E-state index is 11.8. The number of amides is 1. The minimum absolute atomic E-state index is 0.158. The molecule has 0 radical (unpaired) electrons. The molecule has 0 fully saturated rings. The largest absolute Gasteiger partial charge is 0.455 e. The Morgan fingerprint density at radius 2 is 1.86 bits per heavy atom. The number of benzene rings is 2. The number of esters is 1. The Bertz CT molecular complexity index is 671. The Labute approximate surface area is 137 Å². The van der Waals surface area contributed by atoms with Gasteiger partial charge in [-0.1, -0.05) is 46.3 Å². The fourth-order valence-corrected chi connectivity index (χ4v) is 2.13. The van der Waals surface area contributed by atoms with Crippen LogP contribution in [0, 0.1) is 6.92 Å². The van der Waals surface area contributed by atoms with Crippen molar-refractivity contribution in [2.24, 2.45) is 0 Å². The summed E-state index contributed by atoms with van der Waals surface area (Å²) in [5.74, 6) is -0.781. The van der Waals surface area contributed by atoms with Crippen molar-refractivity contribution < 1.29 is 14.3 Å². The van der Waals surface area contributed by atoms with Crippen molar-refractivity contribution in [2.45, 2.75) is 13.3 Å². The molecule has 2 aromatic carbocycles. The minimum Gasteiger partial charge on any atom is -0.455 e. The molecule has 0 aliphatic rings. The molecule has 0 unspecified atom stereocenters. The molecule has 0 spiro atoms. The van der Waals surface area contributed by atoms with Crippen molar-refractivity contribution >= 4 is 33.5 Å². The van der Waals surface area contributed by atoms with Gasteiger partial charge in [0.2, 0.25) is 0 Å². The number of anilines is 1. The van der Waals surface area contributed by atoms with Gasteiger partial charge in [-0.3, -0.25) is 9.59 Å². The number of aryl methyl sites for hydroxylation is 1. The summed E-state index contributed by atoms with van der Waals surface area (Å²) in [6, 6.07) is 14.7. The first-order valence-electron chi connectivity index (χ1n) is 6.80. The van der Waals surface area contributed by atoms with E-state index in [1.807, 2.05) is 49.4 Å². The van der Waals surface area contributed by atoms with Crippen LogP contribution in [-0.4, -0.2) is 18.5 Å². The highest BCUT2D eigenvalue weighted by atomic mass is 79.9. The summed E-state index contributed by atoms with van der Waals surface area (Å²) >= 11 is 3.39. The van der Waals surface area contributed by atoms with Crippen molar-refractivity contribution in [2.75, 3.05) is 11.9 Å². The first-order valence-corrected chi connectivity index (χ1v) is 7.59. The Kier molecular flexibility index (Phi) is 5.72. The van der Waals surface area contributed by atoms with Crippen LogP contribution in [0.25, 0.3) is 0 Å². The topological polar surface area (TPSA) is 55.4 Å². The van der Waals surface area contributed by atoms with Crippen LogP contribution in [0.4, 0.5) is 5.69 Å². The first kappa shape index (κ1) is 16.2. The van der Waals surface area contributed by atoms with E-state index >= 15 is 0 Å². The van der Waals surface area contributed by atoms with Crippen molar-refractivity contribution in [1.82, 2.24) is 0 Å². The van der Waals surface area contributed by atoms with Crippen LogP contribution in [-0.2, 0) is 20.7 Å². The first-order chi connectivity index (χ1) is 10.5. The Balaban J connectivity index is 1.80. The molecule has 0 aliphatic heterocycles. The second kappa shape index (κ2) is 7.75. The molecule has 0 bridgehead atoms. The van der Waals surface area contributed by atoms with Crippen LogP contribution in [0.1, 0.15) is 11.1 Å². The number of halogens is 1. The summed E-state index contributed by atoms with van der Waals surface area (Å²) in [6.45, 7) is 1.64. The number of hydrogen-bond donors (Lipinski definition) is 1. The van der Waals surface area contributed by atoms with Gasteiger partial charge in [-0.05, 0) is 36.2 Å². The van der Waals surface area contributed by atoms with Gasteiger partial charge in [0.1, 0.15) is 0 Å². The number of ether oxygens (including phenoxy) is 1. The number of nitrogens with one attached hydrogen (secondary N) is 1. The van der Waals surface area contributed by atoms with E-state index in [4.69, 9.17) is 4.74 Å². The van der Waals surface area contributed by atoms with Gasteiger partial charge in [0.05, 0.1) is 6.42 Å². The normalized spacial score (nSPS) is 10.1. The van der Waals surface area contributed by atoms with E-state index in [0.717, 1.165) is 15.6 Å². The monoisotopic (exact) mass is 361 g/mol. The van der Waals surface area contributed by atoms with Crippen LogP contribution in [0.15, 0.2) is 53.0 Å². The van der Waals surface area contributed by atoms with Gasteiger partial charge >= 0.3 is 5.97 Å². The predicted octanol–water partition coefficient (Wildman–Crippen LogP) is 3.48. The van der Waals surface area contributed by atoms with Crippen LogP contribution in [0.5, 0.6) is 0 Å². The highest BCUT2D eigenvalue weighted by Crippen LogP contribution is 2.19. The van der Waals surface area contributed by atoms with Gasteiger partial charge in [-0.2, -0.15) is 0 Å². The third-order valence-corrected chi connectivity index (χ3v) is 3.89. The lowest BCUT2D eigenvalue weighted by atomic mass is 10.2. The maximum atomic E-state index is 11.8. The van der Waals surface area contributed by atoms with E-state index in [0.29, 0.717) is 5.69 Å². The summed E-state index contributed by atoms with van der Waals surface area (Å²) in [5, 5.41) is 2.69. The van der Waals surface area contributed by atoms with Gasteiger partial charge in [0.25, 0.3) is 5.91 Å². The van der Waals surface area contributed by atoms with Crippen molar-refractivity contribution in [1.29, 1.82) is 0 Å². The smallest absolute Gasteiger partial charge is 0.310 e. The predicted molar refractivity (Wildman–Crippen MR) is 88.6 cm³/mol. The molecular weight excluding hydrogens is 346 g/mol. The number of rotatable bonds is 5. The number of carbonyl (C=O) groups is 2. The summed E-state index contributed by atoms with van der Waals surface area (Å²) < 4.78 is 5.95. The fraction of sp³-hybridized carbons (Fsp3) is 0.176. The van der Waals surface area contributed by atoms with Gasteiger partial charge in [0, 0.05) is 10.2 Å². The molecule has 5 heteroatoms. The lowest BCUT2D eigenvalue weighted by Crippen LogP contribution is -2.21. The molecule has 2 rings (SSSR count). The molecule has 0 aliphatic carbocycles. The zero-order chi connectivity index (χ0) is 15.9. The highest BCUT2D eigenvalue weighted by Gasteiger charge is 2.09. The lowest BCUT2D eigenvalue weighted by molar-refractivity contribution is -0.146. The molecule has 0 heterocycles. The fourth-order valence-electron chi connectivity index (χ4n) is 1.88. The third kappa shape index (κ3) is 5.00. The summed E-state index contributed by atoms with van der Waals surface area (Å²) in [4.78, 5) is 23.4. The SMILES string of the molecule is Cc1cc(NC(=O)COC(=O)Cc2ccccc2)ccc1Br. The van der Waals surface area contributed by atoms with E-state index in [-0.39, 0.29) is 18.9 Å². The van der Waals surface area contributed by atoms with E-state index in [9.17, 15) is 9.59 Å². The van der Waals surface area contributed by atoms with E-state index in [1.165, 1.54) is 0 Å². The Morgan fingerprint density at radius 1 is 1.14 bits per heavy atom. The van der Waals surface area contributed by atoms with E-state index < -0.39 is 5.97 Å². The van der Waals surface area contributed by atoms with Crippen molar-refractivity contribution in [3.8, 4) is 0 Å². The standard InChI is InChI=1S/C17H16BrNO3/c1-12-9-14(7-8-15(12)18)19-16(20)11-22-17(21)10-13-5-3-2-4-6-13/h2-9H,10-11H2,1H3,(H,19,20). The van der Waals surface area contributed by atoms with Crippen molar-refractivity contribution in [3.05, 3.63) is 64.1 Å². The van der Waals surface area contributed by atoms with Crippen LogP contribution >= 0.6 is 15.9 Å². The van der Waals surface area contributed by atoms with Gasteiger partial charge < -0.3 is 10.1 Å². The Hall–Kier alpha value is -2.14. The van der Waals surface area contributed by atoms with Gasteiger partial charge in [-0.15, -0.1) is 0 Å². The molecule has 1 amide bonds. The number of hydrogen-bond acceptors (Lipinski definition) is 3. The summed E-state index contributed by atoms with van der Waals surface area (Å²) in [7, 11) is 0. The third-order valence-electron chi connectivity index (χ3n) is 3.00. The van der Waals surface area contributed by atoms with Gasteiger partial charge in [0.15, 0.2) is 6.61 Å². The zero-order valence-corrected chi connectivity index (χ0v) is 13.7. The Morgan fingerprint density at radius 3 is 2.55 bits per heavy atom. The molecule has 0 saturated heterocycles. The van der Waals surface area contributed by atoms with Crippen LogP contribution < -0.4 is 5.32 Å². The van der Waals surface area contributed by atoms with E-state index in [1.54, 1.807) is 6.07 Å². The summed E-state index contributed by atoms with van der Waals surface area (Å²) in [6.07, 6.45) is 0.158. The molecule has 4 nitrogen and oxygen atoms in total. The maximum Gasteiger partial charge on any atom is 0.310 e. The van der Waals surface area contributed by atoms with Gasteiger partial charge in [-0.25, -0.2) is 0 Å². The average molecular weight is 362 g/mol. The molecule has 0 aromatic heterocycles. The van der Waals surface area contributed by atoms with E-state index in [2.05, 4.69) is 21.2 Å². The molecule has 22 heavy (non-hydrogen) atoms. The quantitative estimate of drug-likeness (QED) is 0.829. The number of carbonyl (C=O) groups excluding carboxylic acids is 2. The minimum atomic E-state index is -0.423. The zero-order valence-electron chi connectivity index (χ0n) is 12.1. The molecular formula is C17H16BrNO3. The molecule has 0 saturated carbocycles. The molecule has 2 aromatic rings. The lowest BCUT2D eigenvalue weighted by Gasteiger charge is -2.08.